The molecule has 3 unspecified atom stereocenters. The summed E-state index contributed by atoms with van der Waals surface area (Å²) >= 11 is 0. The monoisotopic (exact) mass is 373 g/mol. The predicted molar refractivity (Wildman–Crippen MR) is 114 cm³/mol. The van der Waals surface area contributed by atoms with Gasteiger partial charge in [-0.1, -0.05) is 19.1 Å². The highest BCUT2D eigenvalue weighted by atomic mass is 16.5. The van der Waals surface area contributed by atoms with Crippen LogP contribution >= 0.6 is 0 Å². The summed E-state index contributed by atoms with van der Waals surface area (Å²) in [5.41, 5.74) is 5.62. The number of ether oxygens (including phenoxy) is 1. The Bertz CT molecular complexity index is 906. The van der Waals surface area contributed by atoms with Crippen molar-refractivity contribution in [3.8, 4) is 17.6 Å². The molecule has 3 atom stereocenters. The molecule has 28 heavy (non-hydrogen) atoms. The average molecular weight is 374 g/mol. The van der Waals surface area contributed by atoms with Gasteiger partial charge in [-0.2, -0.15) is 0 Å². The predicted octanol–water partition coefficient (Wildman–Crippen LogP) is 6.00. The lowest BCUT2D eigenvalue weighted by molar-refractivity contribution is 0.132. The van der Waals surface area contributed by atoms with Crippen LogP contribution in [-0.4, -0.2) is 4.98 Å². The fourth-order valence-corrected chi connectivity index (χ4v) is 5.58. The normalized spacial score (nSPS) is 25.8. The Balaban J connectivity index is 1.55. The second-order valence-electron chi connectivity index (χ2n) is 8.47. The van der Waals surface area contributed by atoms with Crippen LogP contribution in [0, 0.1) is 30.6 Å². The molecule has 2 heteroatoms. The summed E-state index contributed by atoms with van der Waals surface area (Å²) in [5.74, 6) is 8.96. The molecule has 0 spiro atoms. The van der Waals surface area contributed by atoms with E-state index >= 15 is 0 Å². The largest absolute Gasteiger partial charge is 0.489 e. The number of nitrogens with zero attached hydrogens (tertiary/aromatic N) is 1. The molecular weight excluding hydrogens is 342 g/mol. The lowest BCUT2D eigenvalue weighted by atomic mass is 9.54. The Kier molecular flexibility index (Phi) is 5.44. The van der Waals surface area contributed by atoms with Gasteiger partial charge in [0.05, 0.1) is 0 Å². The third-order valence-corrected chi connectivity index (χ3v) is 7.15. The quantitative estimate of drug-likeness (QED) is 0.613. The molecule has 0 N–H and O–H groups in total. The van der Waals surface area contributed by atoms with E-state index in [-0.39, 0.29) is 0 Å². The maximum atomic E-state index is 6.13. The SMILES string of the molecule is CC#CC1CCC2(CC)c3ccc(OCc4cccnc4C)cc3CCC2C1. The molecule has 0 saturated heterocycles. The van der Waals surface area contributed by atoms with E-state index in [1.54, 1.807) is 5.56 Å². The van der Waals surface area contributed by atoms with Crippen LogP contribution in [0.25, 0.3) is 0 Å². The van der Waals surface area contributed by atoms with Gasteiger partial charge in [-0.3, -0.25) is 4.98 Å². The van der Waals surface area contributed by atoms with Crippen LogP contribution in [0.4, 0.5) is 0 Å². The second-order valence-corrected chi connectivity index (χ2v) is 8.47. The van der Waals surface area contributed by atoms with Gasteiger partial charge in [0.2, 0.25) is 0 Å². The van der Waals surface area contributed by atoms with Crippen molar-refractivity contribution in [3.05, 3.63) is 58.9 Å². The summed E-state index contributed by atoms with van der Waals surface area (Å²) in [4.78, 5) is 4.36. The van der Waals surface area contributed by atoms with E-state index in [4.69, 9.17) is 4.74 Å². The van der Waals surface area contributed by atoms with Crippen LogP contribution < -0.4 is 4.74 Å². The fourth-order valence-electron chi connectivity index (χ4n) is 5.58. The molecule has 1 fully saturated rings. The highest BCUT2D eigenvalue weighted by molar-refractivity contribution is 5.43. The second kappa shape index (κ2) is 8.00. The van der Waals surface area contributed by atoms with E-state index in [0.29, 0.717) is 17.9 Å². The van der Waals surface area contributed by atoms with Crippen molar-refractivity contribution in [1.29, 1.82) is 0 Å². The topological polar surface area (TPSA) is 22.1 Å². The number of aromatic nitrogens is 1. The van der Waals surface area contributed by atoms with Crippen molar-refractivity contribution in [3.63, 3.8) is 0 Å². The van der Waals surface area contributed by atoms with Gasteiger partial charge in [-0.05, 0) is 93.0 Å². The van der Waals surface area contributed by atoms with E-state index in [0.717, 1.165) is 29.3 Å². The molecule has 1 saturated carbocycles. The molecule has 2 aliphatic rings. The minimum atomic E-state index is 0.345. The zero-order chi connectivity index (χ0) is 19.6. The van der Waals surface area contributed by atoms with Crippen LogP contribution in [0.2, 0.25) is 0 Å². The van der Waals surface area contributed by atoms with Crippen molar-refractivity contribution >= 4 is 0 Å². The van der Waals surface area contributed by atoms with E-state index in [1.807, 2.05) is 26.1 Å². The van der Waals surface area contributed by atoms with Gasteiger partial charge >= 0.3 is 0 Å². The van der Waals surface area contributed by atoms with Crippen LogP contribution in [0.3, 0.4) is 0 Å². The van der Waals surface area contributed by atoms with E-state index < -0.39 is 0 Å². The summed E-state index contributed by atoms with van der Waals surface area (Å²) in [6, 6.07) is 10.9. The number of rotatable bonds is 4. The molecule has 0 bridgehead atoms. The lowest BCUT2D eigenvalue weighted by Gasteiger charge is -2.50. The average Bonchev–Trinajstić information content (AvgIpc) is 2.73. The Morgan fingerprint density at radius 1 is 1.25 bits per heavy atom. The van der Waals surface area contributed by atoms with Crippen molar-refractivity contribution < 1.29 is 4.74 Å². The first-order valence-electron chi connectivity index (χ1n) is 10.7. The summed E-state index contributed by atoms with van der Waals surface area (Å²) in [7, 11) is 0. The zero-order valence-electron chi connectivity index (χ0n) is 17.4. The fraction of sp³-hybridized carbons (Fsp3) is 0.500. The van der Waals surface area contributed by atoms with Gasteiger partial charge in [-0.15, -0.1) is 11.8 Å². The highest BCUT2D eigenvalue weighted by Crippen LogP contribution is 2.53. The molecule has 1 aromatic carbocycles. The summed E-state index contributed by atoms with van der Waals surface area (Å²) in [6.07, 6.45) is 9.29. The molecule has 4 rings (SSSR count). The highest BCUT2D eigenvalue weighted by Gasteiger charge is 2.46. The maximum Gasteiger partial charge on any atom is 0.120 e. The molecule has 0 radical (unpaired) electrons. The standard InChI is InChI=1S/C26H31NO/c1-4-7-20-13-14-26(5-2)23(16-20)10-9-21-17-24(11-12-25(21)26)28-18-22-8-6-15-27-19(22)3/h6,8,11-12,15,17,20,23H,5,9-10,13-14,16,18H2,1-3H3. The third-order valence-electron chi connectivity index (χ3n) is 7.15. The van der Waals surface area contributed by atoms with Gasteiger partial charge in [-0.25, -0.2) is 0 Å². The van der Waals surface area contributed by atoms with Gasteiger partial charge in [0.15, 0.2) is 0 Å². The number of aryl methyl sites for hydroxylation is 2. The molecule has 2 nitrogen and oxygen atoms in total. The smallest absolute Gasteiger partial charge is 0.120 e. The summed E-state index contributed by atoms with van der Waals surface area (Å²) in [6.45, 7) is 6.98. The first-order valence-corrected chi connectivity index (χ1v) is 10.7. The molecule has 1 heterocycles. The van der Waals surface area contributed by atoms with Gasteiger partial charge < -0.3 is 4.74 Å². The number of hydrogen-bond acceptors (Lipinski definition) is 2. The third kappa shape index (κ3) is 3.44. The number of fused-ring (bicyclic) bond motifs is 3. The lowest BCUT2D eigenvalue weighted by Crippen LogP contribution is -2.43. The first kappa shape index (κ1) is 19.1. The van der Waals surface area contributed by atoms with E-state index in [2.05, 4.69) is 48.0 Å². The van der Waals surface area contributed by atoms with Crippen LogP contribution in [0.5, 0.6) is 5.75 Å². The Labute approximate surface area is 169 Å². The first-order chi connectivity index (χ1) is 13.7. The molecule has 146 valence electrons. The Hall–Kier alpha value is -2.27. The number of pyridine rings is 1. The van der Waals surface area contributed by atoms with Crippen molar-refractivity contribution in [2.75, 3.05) is 0 Å². The molecule has 2 aromatic rings. The maximum absolute atomic E-state index is 6.13. The van der Waals surface area contributed by atoms with Crippen molar-refractivity contribution in [2.45, 2.75) is 71.3 Å². The van der Waals surface area contributed by atoms with Crippen LogP contribution in [0.1, 0.15) is 68.3 Å². The van der Waals surface area contributed by atoms with Crippen molar-refractivity contribution in [2.24, 2.45) is 11.8 Å². The summed E-state index contributed by atoms with van der Waals surface area (Å²) < 4.78 is 6.13. The van der Waals surface area contributed by atoms with Crippen LogP contribution in [0.15, 0.2) is 36.5 Å². The van der Waals surface area contributed by atoms with Crippen molar-refractivity contribution in [1.82, 2.24) is 4.98 Å². The molecule has 0 amide bonds. The van der Waals surface area contributed by atoms with Gasteiger partial charge in [0.1, 0.15) is 12.4 Å². The minimum Gasteiger partial charge on any atom is -0.489 e. The van der Waals surface area contributed by atoms with E-state index in [9.17, 15) is 0 Å². The molecule has 0 aliphatic heterocycles. The minimum absolute atomic E-state index is 0.345. The van der Waals surface area contributed by atoms with Crippen LogP contribution in [-0.2, 0) is 18.4 Å². The Morgan fingerprint density at radius 2 is 2.14 bits per heavy atom. The summed E-state index contributed by atoms with van der Waals surface area (Å²) in [5, 5.41) is 0. The zero-order valence-corrected chi connectivity index (χ0v) is 17.4. The molecule has 1 aromatic heterocycles. The van der Waals surface area contributed by atoms with Gasteiger partial charge in [0, 0.05) is 23.4 Å². The molecular formula is C26H31NO. The molecule has 2 aliphatic carbocycles. The number of benzene rings is 1. The van der Waals surface area contributed by atoms with Gasteiger partial charge in [0.25, 0.3) is 0 Å². The van der Waals surface area contributed by atoms with E-state index in [1.165, 1.54) is 37.7 Å². The number of hydrogen-bond donors (Lipinski definition) is 0. The Morgan fingerprint density at radius 3 is 2.93 bits per heavy atom.